The minimum atomic E-state index is -0.473. The van der Waals surface area contributed by atoms with Gasteiger partial charge in [0.2, 0.25) is 5.95 Å². The van der Waals surface area contributed by atoms with Crippen molar-refractivity contribution in [1.82, 2.24) is 15.3 Å². The summed E-state index contributed by atoms with van der Waals surface area (Å²) in [7, 11) is 0. The Kier molecular flexibility index (Phi) is 12.6. The Labute approximate surface area is 334 Å². The lowest BCUT2D eigenvalue weighted by molar-refractivity contribution is 0.109. The van der Waals surface area contributed by atoms with Gasteiger partial charge in [-0.25, -0.2) is 9.97 Å². The molecule has 0 bridgehead atoms. The number of hydrogen-bond acceptors (Lipinski definition) is 8. The molecule has 57 heavy (non-hydrogen) atoms. The van der Waals surface area contributed by atoms with E-state index >= 15 is 0 Å². The molecule has 0 saturated carbocycles. The number of nitrogens with zero attached hydrogens (tertiary/aromatic N) is 5. The topological polar surface area (TPSA) is 84.2 Å². The van der Waals surface area contributed by atoms with E-state index in [2.05, 4.69) is 128 Å². The Morgan fingerprint density at radius 2 is 1.07 bits per heavy atom. The van der Waals surface area contributed by atoms with Gasteiger partial charge in [0.05, 0.1) is 50.9 Å². The summed E-state index contributed by atoms with van der Waals surface area (Å²) in [5.74, 6) is 0.538. The highest BCUT2D eigenvalue weighted by Gasteiger charge is 2.21. The monoisotopic (exact) mass is 758 g/mol. The van der Waals surface area contributed by atoms with Gasteiger partial charge in [0.15, 0.2) is 0 Å². The molecule has 6 aromatic rings. The number of aliphatic imine (C=N–C) groups is 2. The first-order chi connectivity index (χ1) is 28.2. The molecule has 0 spiro atoms. The summed E-state index contributed by atoms with van der Waals surface area (Å²) < 4.78 is 23.9. The van der Waals surface area contributed by atoms with Gasteiger partial charge in [0.25, 0.3) is 0 Å². The van der Waals surface area contributed by atoms with Crippen LogP contribution in [0.4, 0.5) is 10.2 Å². The Morgan fingerprint density at radius 1 is 0.544 bits per heavy atom. The quantitative estimate of drug-likeness (QED) is 0.169. The molecule has 4 aliphatic heterocycles. The summed E-state index contributed by atoms with van der Waals surface area (Å²) >= 11 is 0. The number of hydrogen-bond donors (Lipinski definition) is 1. The average molecular weight is 759 g/mol. The molecule has 2 aromatic heterocycles. The van der Waals surface area contributed by atoms with E-state index in [1.165, 1.54) is 51.2 Å². The molecule has 288 valence electrons. The third-order valence-electron chi connectivity index (χ3n) is 10.4. The van der Waals surface area contributed by atoms with E-state index in [4.69, 9.17) is 14.5 Å². The molecule has 6 heterocycles. The maximum Gasteiger partial charge on any atom is 0.213 e. The van der Waals surface area contributed by atoms with E-state index in [-0.39, 0.29) is 0 Å². The fourth-order valence-corrected chi connectivity index (χ4v) is 7.44. The van der Waals surface area contributed by atoms with Crippen LogP contribution in [0.25, 0.3) is 0 Å². The molecule has 4 aromatic carbocycles. The highest BCUT2D eigenvalue weighted by atomic mass is 19.1. The Balaban J connectivity index is 0.000000141. The number of anilines is 1. The van der Waals surface area contributed by atoms with Crippen LogP contribution in [-0.2, 0) is 35.4 Å². The number of halogens is 1. The zero-order valence-corrected chi connectivity index (χ0v) is 32.1. The smallest absolute Gasteiger partial charge is 0.213 e. The van der Waals surface area contributed by atoms with E-state index in [0.29, 0.717) is 6.54 Å². The zero-order valence-electron chi connectivity index (χ0n) is 32.1. The third-order valence-corrected chi connectivity index (χ3v) is 10.4. The molecule has 10 rings (SSSR count). The largest absolute Gasteiger partial charge is 0.379 e. The SMILES string of the molecule is C1COCCN1.Fc1cc(C2=NCc3ccc(Cc4ccccc4)cc32)ccn1.c1ccc(Cc2ccc3c(c2)C(c2ccnc(N4CCOCC4)c2)=NC3)cc1. The average Bonchev–Trinajstić information content (AvgIpc) is 3.90. The van der Waals surface area contributed by atoms with Crippen molar-refractivity contribution in [2.75, 3.05) is 57.5 Å². The maximum atomic E-state index is 13.4. The summed E-state index contributed by atoms with van der Waals surface area (Å²) in [6.45, 7) is 8.55. The Morgan fingerprint density at radius 3 is 1.58 bits per heavy atom. The molecule has 0 unspecified atom stereocenters. The zero-order chi connectivity index (χ0) is 38.7. The van der Waals surface area contributed by atoms with Crippen LogP contribution in [0.15, 0.2) is 144 Å². The fourth-order valence-electron chi connectivity index (χ4n) is 7.44. The van der Waals surface area contributed by atoms with Crippen molar-refractivity contribution in [2.45, 2.75) is 25.9 Å². The van der Waals surface area contributed by atoms with Crippen LogP contribution in [0.2, 0.25) is 0 Å². The van der Waals surface area contributed by atoms with Crippen molar-refractivity contribution in [3.63, 3.8) is 0 Å². The number of morpholine rings is 2. The molecule has 1 N–H and O–H groups in total. The number of nitrogens with one attached hydrogen (secondary N) is 1. The maximum absolute atomic E-state index is 13.4. The van der Waals surface area contributed by atoms with Crippen LogP contribution in [0.1, 0.15) is 55.6 Å². The first-order valence-electron chi connectivity index (χ1n) is 19.8. The molecule has 9 heteroatoms. The van der Waals surface area contributed by atoms with Crippen LogP contribution in [-0.4, -0.2) is 74.0 Å². The second-order valence-electron chi connectivity index (χ2n) is 14.4. The van der Waals surface area contributed by atoms with E-state index in [9.17, 15) is 4.39 Å². The normalized spacial score (nSPS) is 15.6. The predicted octanol–water partition coefficient (Wildman–Crippen LogP) is 7.63. The van der Waals surface area contributed by atoms with Crippen molar-refractivity contribution >= 4 is 17.2 Å². The van der Waals surface area contributed by atoms with Gasteiger partial charge in [-0.3, -0.25) is 9.98 Å². The standard InChI is InChI=1S/C24H23N3O.C20H15FN2.C4H9NO/c1-2-4-18(5-3-1)14-19-6-7-21-17-26-24(22(21)15-19)20-8-9-25-23(16-20)27-10-12-28-13-11-27;21-19-12-16(8-9-22-19)20-18-11-15(6-7-17(18)13-23-20)10-14-4-2-1-3-5-14;1-3-6-4-2-5-1/h1-9,15-16H,10-14,17H2;1-9,11-12H,10,13H2;5H,1-4H2. The van der Waals surface area contributed by atoms with Gasteiger partial charge in [-0.15, -0.1) is 0 Å². The summed E-state index contributed by atoms with van der Waals surface area (Å²) in [5.41, 5.74) is 13.9. The summed E-state index contributed by atoms with van der Waals surface area (Å²) in [6.07, 6.45) is 5.20. The minimum absolute atomic E-state index is 0.473. The second kappa shape index (κ2) is 18.8. The van der Waals surface area contributed by atoms with E-state index in [1.54, 1.807) is 6.07 Å². The van der Waals surface area contributed by atoms with Crippen molar-refractivity contribution in [3.8, 4) is 0 Å². The summed E-state index contributed by atoms with van der Waals surface area (Å²) in [6, 6.07) is 41.7. The number of ether oxygens (including phenoxy) is 2. The highest BCUT2D eigenvalue weighted by molar-refractivity contribution is 6.16. The number of rotatable bonds is 7. The lowest BCUT2D eigenvalue weighted by Crippen LogP contribution is -2.36. The van der Waals surface area contributed by atoms with Crippen molar-refractivity contribution in [3.05, 3.63) is 195 Å². The Bertz CT molecular complexity index is 2310. The first-order valence-corrected chi connectivity index (χ1v) is 19.8. The molecule has 0 amide bonds. The van der Waals surface area contributed by atoms with E-state index in [1.807, 2.05) is 12.3 Å². The fraction of sp³-hybridized carbons (Fsp3) is 0.250. The third kappa shape index (κ3) is 9.93. The van der Waals surface area contributed by atoms with Crippen LogP contribution in [0.3, 0.4) is 0 Å². The van der Waals surface area contributed by atoms with Crippen LogP contribution in [0, 0.1) is 5.95 Å². The minimum Gasteiger partial charge on any atom is -0.379 e. The molecule has 2 fully saturated rings. The first kappa shape index (κ1) is 38.0. The lowest BCUT2D eigenvalue weighted by atomic mass is 9.96. The molecule has 0 aliphatic carbocycles. The number of fused-ring (bicyclic) bond motifs is 2. The molecule has 4 aliphatic rings. The van der Waals surface area contributed by atoms with Crippen LogP contribution in [0.5, 0.6) is 0 Å². The molecule has 0 atom stereocenters. The van der Waals surface area contributed by atoms with Gasteiger partial charge in [-0.05, 0) is 76.6 Å². The number of benzene rings is 4. The van der Waals surface area contributed by atoms with Gasteiger partial charge in [-0.1, -0.05) is 84.9 Å². The second-order valence-corrected chi connectivity index (χ2v) is 14.4. The van der Waals surface area contributed by atoms with Crippen LogP contribution >= 0.6 is 0 Å². The van der Waals surface area contributed by atoms with E-state index in [0.717, 1.165) is 106 Å². The summed E-state index contributed by atoms with van der Waals surface area (Å²) in [4.78, 5) is 19.9. The van der Waals surface area contributed by atoms with Gasteiger partial charge in [0, 0.05) is 66.9 Å². The molecule has 2 saturated heterocycles. The number of pyridine rings is 2. The molecular formula is C48H47FN6O2. The lowest BCUT2D eigenvalue weighted by Gasteiger charge is -2.28. The van der Waals surface area contributed by atoms with Crippen LogP contribution < -0.4 is 10.2 Å². The summed E-state index contributed by atoms with van der Waals surface area (Å²) in [5, 5.41) is 3.16. The van der Waals surface area contributed by atoms with Crippen molar-refractivity contribution < 1.29 is 13.9 Å². The van der Waals surface area contributed by atoms with Gasteiger partial charge in [0.1, 0.15) is 5.82 Å². The highest BCUT2D eigenvalue weighted by Crippen LogP contribution is 2.28. The Hall–Kier alpha value is -5.87. The molecule has 8 nitrogen and oxygen atoms in total. The van der Waals surface area contributed by atoms with Gasteiger partial charge < -0.3 is 19.7 Å². The van der Waals surface area contributed by atoms with Crippen molar-refractivity contribution in [2.24, 2.45) is 9.98 Å². The van der Waals surface area contributed by atoms with Gasteiger partial charge >= 0.3 is 0 Å². The number of aromatic nitrogens is 2. The predicted molar refractivity (Wildman–Crippen MR) is 225 cm³/mol. The molecular weight excluding hydrogens is 712 g/mol. The van der Waals surface area contributed by atoms with E-state index < -0.39 is 5.95 Å². The van der Waals surface area contributed by atoms with Gasteiger partial charge in [-0.2, -0.15) is 4.39 Å². The van der Waals surface area contributed by atoms with Crippen molar-refractivity contribution in [1.29, 1.82) is 0 Å². The molecule has 0 radical (unpaired) electrons.